The average molecular weight is 302 g/mol. The van der Waals surface area contributed by atoms with E-state index in [9.17, 15) is 20.4 Å². The third-order valence-corrected chi connectivity index (χ3v) is 4.14. The number of hydrogen-bond donors (Lipinski definition) is 4. The molecule has 1 aliphatic carbocycles. The fraction of sp³-hybridized carbons (Fsp3) is 0.222. The maximum absolute atomic E-state index is 10.5. The van der Waals surface area contributed by atoms with Gasteiger partial charge in [-0.15, -0.1) is 0 Å². The first-order valence-corrected chi connectivity index (χ1v) is 6.77. The minimum absolute atomic E-state index is 0.0167. The Labute approximate surface area is 135 Å². The minimum Gasteiger partial charge on any atom is -0.387 e. The molecular weight excluding hydrogens is 280 g/mol. The molecule has 0 heterocycles. The zero-order chi connectivity index (χ0) is 20.7. The molecule has 0 saturated carbocycles. The van der Waals surface area contributed by atoms with E-state index >= 15 is 0 Å². The molecule has 4 rings (SSSR count). The van der Waals surface area contributed by atoms with Crippen LogP contribution in [0.1, 0.15) is 31.6 Å². The van der Waals surface area contributed by atoms with E-state index in [0.29, 0.717) is 0 Å². The van der Waals surface area contributed by atoms with Crippen LogP contribution in [-0.2, 0) is 0 Å². The highest BCUT2D eigenvalue weighted by Gasteiger charge is 2.40. The molecule has 4 N–H and O–H groups in total. The molecule has 0 aliphatic heterocycles. The van der Waals surface area contributed by atoms with Gasteiger partial charge in [-0.1, -0.05) is 48.4 Å². The molecule has 0 unspecified atom stereocenters. The van der Waals surface area contributed by atoms with Crippen molar-refractivity contribution in [3.63, 3.8) is 0 Å². The van der Waals surface area contributed by atoms with Crippen LogP contribution >= 0.6 is 0 Å². The van der Waals surface area contributed by atoms with Crippen LogP contribution in [-0.4, -0.2) is 32.6 Å². The molecule has 0 fully saturated rings. The van der Waals surface area contributed by atoms with Gasteiger partial charge in [0.15, 0.2) is 0 Å². The largest absolute Gasteiger partial charge is 0.387 e. The zero-order valence-corrected chi connectivity index (χ0v) is 11.3. The molecule has 112 valence electrons. The summed E-state index contributed by atoms with van der Waals surface area (Å²) in [6.45, 7) is 0. The molecule has 0 amide bonds. The highest BCUT2D eigenvalue weighted by Crippen LogP contribution is 2.42. The van der Waals surface area contributed by atoms with E-state index in [0.717, 1.165) is 0 Å². The van der Waals surface area contributed by atoms with Crippen LogP contribution in [0.25, 0.3) is 21.5 Å². The standard InChI is InChI=1S/C18H16O4/c19-15-13-8-7-11-10-4-2-1-3-9(10)5-6-12(11)14(13)16(20)18(22)17(15)21/h1-8,15-22H/t15-,16-,17+,18+/m1/s1/i1D,2D,3D,4D,7D,8D. The van der Waals surface area contributed by atoms with E-state index < -0.39 is 48.6 Å². The van der Waals surface area contributed by atoms with E-state index in [2.05, 4.69) is 0 Å². The molecule has 0 aromatic heterocycles. The normalized spacial score (nSPS) is 31.8. The molecule has 4 heteroatoms. The Morgan fingerprint density at radius 1 is 0.727 bits per heavy atom. The Balaban J connectivity index is 2.28. The summed E-state index contributed by atoms with van der Waals surface area (Å²) in [7, 11) is 0. The van der Waals surface area contributed by atoms with Crippen LogP contribution in [0.4, 0.5) is 0 Å². The van der Waals surface area contributed by atoms with Crippen LogP contribution in [0.5, 0.6) is 0 Å². The second kappa shape index (κ2) is 4.76. The maximum atomic E-state index is 10.5. The van der Waals surface area contributed by atoms with Gasteiger partial charge >= 0.3 is 0 Å². The molecular formula is C18H16O4. The van der Waals surface area contributed by atoms with Crippen molar-refractivity contribution in [2.45, 2.75) is 24.4 Å². The first-order valence-electron chi connectivity index (χ1n) is 9.77. The molecule has 4 atom stereocenters. The predicted molar refractivity (Wildman–Crippen MR) is 83.4 cm³/mol. The number of aliphatic hydroxyl groups is 4. The summed E-state index contributed by atoms with van der Waals surface area (Å²) in [5.41, 5.74) is -0.210. The van der Waals surface area contributed by atoms with Crippen LogP contribution in [0, 0.1) is 0 Å². The van der Waals surface area contributed by atoms with Gasteiger partial charge in [-0.3, -0.25) is 0 Å². The number of fused-ring (bicyclic) bond motifs is 5. The molecule has 4 nitrogen and oxygen atoms in total. The molecule has 1 aliphatic rings. The monoisotopic (exact) mass is 302 g/mol. The van der Waals surface area contributed by atoms with E-state index in [1.165, 1.54) is 12.1 Å². The van der Waals surface area contributed by atoms with Crippen LogP contribution in [0.3, 0.4) is 0 Å². The number of benzene rings is 3. The van der Waals surface area contributed by atoms with Crippen molar-refractivity contribution in [3.8, 4) is 0 Å². The molecule has 0 radical (unpaired) electrons. The SMILES string of the molecule is [2H]c1c([2H])c([2H])c2c(ccc3c4c(c([2H])c([2H])c32)[C@@H](O)[C@H](O)[C@@H](O)[C@@H]4O)c1[2H]. The lowest BCUT2D eigenvalue weighted by Gasteiger charge is -2.35. The smallest absolute Gasteiger partial charge is 0.113 e. The third-order valence-electron chi connectivity index (χ3n) is 4.14. The average Bonchev–Trinajstić information content (AvgIpc) is 2.68. The second-order valence-corrected chi connectivity index (χ2v) is 5.36. The lowest BCUT2D eigenvalue weighted by atomic mass is 9.80. The van der Waals surface area contributed by atoms with Crippen molar-refractivity contribution in [1.29, 1.82) is 0 Å². The Morgan fingerprint density at radius 3 is 2.27 bits per heavy atom. The fourth-order valence-electron chi connectivity index (χ4n) is 2.99. The van der Waals surface area contributed by atoms with Gasteiger partial charge in [-0.05, 0) is 32.7 Å². The molecule has 3 aromatic carbocycles. The van der Waals surface area contributed by atoms with E-state index in [1.54, 1.807) is 0 Å². The molecule has 0 bridgehead atoms. The second-order valence-electron chi connectivity index (χ2n) is 5.36. The summed E-state index contributed by atoms with van der Waals surface area (Å²) in [5, 5.41) is 41.2. The molecule has 0 spiro atoms. The van der Waals surface area contributed by atoms with Crippen molar-refractivity contribution in [2.24, 2.45) is 0 Å². The van der Waals surface area contributed by atoms with Crippen molar-refractivity contribution in [2.75, 3.05) is 0 Å². The number of aliphatic hydroxyl groups excluding tert-OH is 4. The zero-order valence-electron chi connectivity index (χ0n) is 17.3. The summed E-state index contributed by atoms with van der Waals surface area (Å²) in [5.74, 6) is 0. The summed E-state index contributed by atoms with van der Waals surface area (Å²) in [6.07, 6.45) is -6.79. The first kappa shape index (κ1) is 8.60. The lowest BCUT2D eigenvalue weighted by molar-refractivity contribution is -0.119. The quantitative estimate of drug-likeness (QED) is 0.477. The fourth-order valence-corrected chi connectivity index (χ4v) is 2.99. The van der Waals surface area contributed by atoms with Crippen molar-refractivity contribution < 1.29 is 28.7 Å². The Bertz CT molecular complexity index is 1160. The Hall–Kier alpha value is -1.98. The summed E-state index contributed by atoms with van der Waals surface area (Å²) < 4.78 is 48.7. The predicted octanol–water partition coefficient (Wildman–Crippen LogP) is 1.80. The highest BCUT2D eigenvalue weighted by atomic mass is 16.4. The van der Waals surface area contributed by atoms with Crippen molar-refractivity contribution >= 4 is 21.5 Å². The summed E-state index contributed by atoms with van der Waals surface area (Å²) in [4.78, 5) is 0. The van der Waals surface area contributed by atoms with Gasteiger partial charge in [-0.2, -0.15) is 0 Å². The van der Waals surface area contributed by atoms with Gasteiger partial charge in [0.05, 0.1) is 8.22 Å². The van der Waals surface area contributed by atoms with Crippen molar-refractivity contribution in [3.05, 3.63) is 59.5 Å². The minimum atomic E-state index is -1.73. The summed E-state index contributed by atoms with van der Waals surface area (Å²) >= 11 is 0. The topological polar surface area (TPSA) is 80.9 Å². The van der Waals surface area contributed by atoms with Gasteiger partial charge in [0.1, 0.15) is 24.4 Å². The van der Waals surface area contributed by atoms with Crippen LogP contribution in [0.15, 0.2) is 48.4 Å². The maximum Gasteiger partial charge on any atom is 0.113 e. The Morgan fingerprint density at radius 2 is 1.45 bits per heavy atom. The molecule has 3 aromatic rings. The highest BCUT2D eigenvalue weighted by molar-refractivity contribution is 6.08. The van der Waals surface area contributed by atoms with Gasteiger partial charge in [0, 0.05) is 0 Å². The van der Waals surface area contributed by atoms with Gasteiger partial charge in [-0.25, -0.2) is 0 Å². The first-order chi connectivity index (χ1) is 13.1. The molecule has 0 saturated heterocycles. The summed E-state index contributed by atoms with van der Waals surface area (Å²) in [6, 6.07) is 0.341. The number of hydrogen-bond acceptors (Lipinski definition) is 4. The van der Waals surface area contributed by atoms with Crippen LogP contribution < -0.4 is 0 Å². The van der Waals surface area contributed by atoms with E-state index in [4.69, 9.17) is 8.22 Å². The van der Waals surface area contributed by atoms with Crippen LogP contribution in [0.2, 0.25) is 0 Å². The molecule has 22 heavy (non-hydrogen) atoms. The van der Waals surface area contributed by atoms with E-state index in [-0.39, 0.29) is 44.8 Å². The van der Waals surface area contributed by atoms with Crippen molar-refractivity contribution in [1.82, 2.24) is 0 Å². The van der Waals surface area contributed by atoms with Gasteiger partial charge in [0.2, 0.25) is 0 Å². The van der Waals surface area contributed by atoms with E-state index in [1.807, 2.05) is 0 Å². The Kier molecular flexibility index (Phi) is 1.86. The lowest BCUT2D eigenvalue weighted by Crippen LogP contribution is -2.41. The van der Waals surface area contributed by atoms with Gasteiger partial charge < -0.3 is 20.4 Å². The number of rotatable bonds is 0. The third kappa shape index (κ3) is 1.72. The van der Waals surface area contributed by atoms with Gasteiger partial charge in [0.25, 0.3) is 0 Å².